The summed E-state index contributed by atoms with van der Waals surface area (Å²) in [4.78, 5) is 0.0859. The van der Waals surface area contributed by atoms with Crippen molar-refractivity contribution in [1.82, 2.24) is 4.31 Å². The highest BCUT2D eigenvalue weighted by Gasteiger charge is 2.26. The van der Waals surface area contributed by atoms with E-state index >= 15 is 0 Å². The maximum Gasteiger partial charge on any atom is 0.244 e. The molecule has 2 rings (SSSR count). The van der Waals surface area contributed by atoms with Crippen molar-refractivity contribution in [3.05, 3.63) is 18.2 Å². The van der Waals surface area contributed by atoms with Crippen LogP contribution in [0.3, 0.4) is 0 Å². The van der Waals surface area contributed by atoms with Gasteiger partial charge in [-0.3, -0.25) is 0 Å². The van der Waals surface area contributed by atoms with E-state index < -0.39 is 16.1 Å². The normalized spacial score (nSPS) is 23.2. The number of hydrogen-bond acceptors (Lipinski definition) is 5. The van der Waals surface area contributed by atoms with Crippen LogP contribution in [0.4, 0.5) is 11.4 Å². The molecule has 2 unspecified atom stereocenters. The van der Waals surface area contributed by atoms with Gasteiger partial charge in [-0.05, 0) is 25.0 Å². The Morgan fingerprint density at radius 3 is 2.57 bits per heavy atom. The van der Waals surface area contributed by atoms with Gasteiger partial charge in [0.15, 0.2) is 0 Å². The van der Waals surface area contributed by atoms with Gasteiger partial charge in [-0.1, -0.05) is 18.9 Å². The van der Waals surface area contributed by atoms with Crippen molar-refractivity contribution in [3.8, 4) is 0 Å². The molecule has 0 heterocycles. The molecule has 118 valence electrons. The Hall–Kier alpha value is -1.31. The fourth-order valence-electron chi connectivity index (χ4n) is 2.57. The van der Waals surface area contributed by atoms with Crippen LogP contribution in [0.1, 0.15) is 25.7 Å². The molecule has 0 radical (unpaired) electrons. The van der Waals surface area contributed by atoms with E-state index in [4.69, 9.17) is 5.73 Å². The van der Waals surface area contributed by atoms with Crippen LogP contribution >= 0.6 is 0 Å². The quantitative estimate of drug-likeness (QED) is 0.727. The van der Waals surface area contributed by atoms with Crippen molar-refractivity contribution < 1.29 is 13.5 Å². The number of nitrogen functional groups attached to an aromatic ring is 1. The Kier molecular flexibility index (Phi) is 4.75. The van der Waals surface area contributed by atoms with Crippen LogP contribution in [-0.2, 0) is 10.0 Å². The summed E-state index contributed by atoms with van der Waals surface area (Å²) in [5.41, 5.74) is 6.78. The van der Waals surface area contributed by atoms with Crippen LogP contribution in [0, 0.1) is 0 Å². The maximum absolute atomic E-state index is 12.2. The fraction of sp³-hybridized carbons (Fsp3) is 0.571. The zero-order valence-electron chi connectivity index (χ0n) is 12.4. The number of aliphatic hydroxyl groups is 1. The van der Waals surface area contributed by atoms with E-state index in [0.717, 1.165) is 30.0 Å². The van der Waals surface area contributed by atoms with Gasteiger partial charge in [0.25, 0.3) is 0 Å². The lowest BCUT2D eigenvalue weighted by atomic mass is 9.92. The van der Waals surface area contributed by atoms with Gasteiger partial charge >= 0.3 is 0 Å². The predicted octanol–water partition coefficient (Wildman–Crippen LogP) is 1.23. The smallest absolute Gasteiger partial charge is 0.244 e. The van der Waals surface area contributed by atoms with E-state index in [1.165, 1.54) is 20.2 Å². The fourth-order valence-corrected chi connectivity index (χ4v) is 3.60. The minimum atomic E-state index is -3.58. The first-order valence-corrected chi connectivity index (χ1v) is 8.53. The van der Waals surface area contributed by atoms with E-state index in [0.29, 0.717) is 5.69 Å². The van der Waals surface area contributed by atoms with Crippen LogP contribution in [0.15, 0.2) is 23.1 Å². The van der Waals surface area contributed by atoms with Crippen molar-refractivity contribution in [3.63, 3.8) is 0 Å². The van der Waals surface area contributed by atoms with E-state index in [9.17, 15) is 13.5 Å². The van der Waals surface area contributed by atoms with Gasteiger partial charge < -0.3 is 16.2 Å². The second kappa shape index (κ2) is 6.21. The Morgan fingerprint density at radius 1 is 1.29 bits per heavy atom. The average Bonchev–Trinajstić information content (AvgIpc) is 2.43. The van der Waals surface area contributed by atoms with Crippen LogP contribution in [0.25, 0.3) is 0 Å². The van der Waals surface area contributed by atoms with Crippen molar-refractivity contribution in [2.75, 3.05) is 25.1 Å². The molecule has 0 bridgehead atoms. The zero-order valence-corrected chi connectivity index (χ0v) is 13.2. The predicted molar refractivity (Wildman–Crippen MR) is 83.6 cm³/mol. The topological polar surface area (TPSA) is 95.7 Å². The SMILES string of the molecule is CN(C)S(=O)(=O)c1cccc(NC2CCCCC2O)c1N. The lowest BCUT2D eigenvalue weighted by molar-refractivity contribution is 0.116. The number of rotatable bonds is 4. The second-order valence-corrected chi connectivity index (χ2v) is 7.73. The van der Waals surface area contributed by atoms with Gasteiger partial charge in [-0.2, -0.15) is 0 Å². The minimum absolute atomic E-state index is 0.0849. The summed E-state index contributed by atoms with van der Waals surface area (Å²) in [6, 6.07) is 4.81. The van der Waals surface area contributed by atoms with Gasteiger partial charge in [0.1, 0.15) is 4.90 Å². The molecular weight excluding hydrogens is 290 g/mol. The number of anilines is 2. The van der Waals surface area contributed by atoms with Gasteiger partial charge in [0, 0.05) is 14.1 Å². The van der Waals surface area contributed by atoms with Crippen LogP contribution < -0.4 is 11.1 Å². The molecule has 1 aliphatic carbocycles. The maximum atomic E-state index is 12.2. The monoisotopic (exact) mass is 313 g/mol. The molecule has 1 aromatic carbocycles. The van der Waals surface area contributed by atoms with E-state index in [2.05, 4.69) is 5.32 Å². The molecule has 0 saturated heterocycles. The number of nitrogens with zero attached hydrogens (tertiary/aromatic N) is 1. The van der Waals surface area contributed by atoms with Crippen molar-refractivity contribution in [1.29, 1.82) is 0 Å². The summed E-state index contributed by atoms with van der Waals surface area (Å²) in [6.45, 7) is 0. The standard InChI is InChI=1S/C14H23N3O3S/c1-17(2)21(19,20)13-9-5-7-11(14(13)15)16-10-6-3-4-8-12(10)18/h5,7,9-10,12,16,18H,3-4,6,8,15H2,1-2H3. The zero-order chi connectivity index (χ0) is 15.6. The molecular formula is C14H23N3O3S. The second-order valence-electron chi connectivity index (χ2n) is 5.61. The molecule has 1 fully saturated rings. The van der Waals surface area contributed by atoms with Gasteiger partial charge in [-0.25, -0.2) is 12.7 Å². The summed E-state index contributed by atoms with van der Waals surface area (Å²) < 4.78 is 25.6. The van der Waals surface area contributed by atoms with Crippen molar-refractivity contribution >= 4 is 21.4 Å². The molecule has 0 aromatic heterocycles. The molecule has 4 N–H and O–H groups in total. The first-order chi connectivity index (χ1) is 9.84. The minimum Gasteiger partial charge on any atom is -0.396 e. The summed E-state index contributed by atoms with van der Waals surface area (Å²) in [5.74, 6) is 0. The Bertz CT molecular complexity index is 601. The van der Waals surface area contributed by atoms with E-state index in [1.54, 1.807) is 12.1 Å². The van der Waals surface area contributed by atoms with E-state index in [-0.39, 0.29) is 16.6 Å². The first-order valence-electron chi connectivity index (χ1n) is 7.09. The van der Waals surface area contributed by atoms with E-state index in [1.807, 2.05) is 0 Å². The molecule has 1 aliphatic rings. The van der Waals surface area contributed by atoms with Crippen LogP contribution in [-0.4, -0.2) is 44.1 Å². The third-order valence-electron chi connectivity index (χ3n) is 3.90. The molecule has 21 heavy (non-hydrogen) atoms. The van der Waals surface area contributed by atoms with Crippen molar-refractivity contribution in [2.45, 2.75) is 42.7 Å². The summed E-state index contributed by atoms with van der Waals surface area (Å²) in [6.07, 6.45) is 3.25. The highest BCUT2D eigenvalue weighted by Crippen LogP contribution is 2.30. The van der Waals surface area contributed by atoms with Crippen molar-refractivity contribution in [2.24, 2.45) is 0 Å². The molecule has 2 atom stereocenters. The van der Waals surface area contributed by atoms with Crippen LogP contribution in [0.2, 0.25) is 0 Å². The Balaban J connectivity index is 2.30. The molecule has 6 nitrogen and oxygen atoms in total. The third kappa shape index (κ3) is 3.30. The third-order valence-corrected chi connectivity index (χ3v) is 5.77. The van der Waals surface area contributed by atoms with Gasteiger partial charge in [0.2, 0.25) is 10.0 Å². The first kappa shape index (κ1) is 16.1. The molecule has 0 aliphatic heterocycles. The number of nitrogens with two attached hydrogens (primary N) is 1. The summed E-state index contributed by atoms with van der Waals surface area (Å²) in [7, 11) is -0.635. The number of sulfonamides is 1. The number of nitrogens with one attached hydrogen (secondary N) is 1. The number of benzene rings is 1. The lowest BCUT2D eigenvalue weighted by Gasteiger charge is -2.30. The number of aliphatic hydroxyl groups excluding tert-OH is 1. The number of para-hydroxylation sites is 1. The van der Waals surface area contributed by atoms with Crippen LogP contribution in [0.5, 0.6) is 0 Å². The highest BCUT2D eigenvalue weighted by atomic mass is 32.2. The lowest BCUT2D eigenvalue weighted by Crippen LogP contribution is -2.36. The largest absolute Gasteiger partial charge is 0.396 e. The molecule has 7 heteroatoms. The summed E-state index contributed by atoms with van der Waals surface area (Å²) in [5, 5.41) is 13.2. The van der Waals surface area contributed by atoms with Gasteiger partial charge in [-0.15, -0.1) is 0 Å². The number of hydrogen-bond donors (Lipinski definition) is 3. The molecule has 0 amide bonds. The summed E-state index contributed by atoms with van der Waals surface area (Å²) >= 11 is 0. The highest BCUT2D eigenvalue weighted by molar-refractivity contribution is 7.89. The van der Waals surface area contributed by atoms with Gasteiger partial charge in [0.05, 0.1) is 23.5 Å². The molecule has 0 spiro atoms. The molecule has 1 saturated carbocycles. The molecule has 1 aromatic rings. The Morgan fingerprint density at radius 2 is 1.95 bits per heavy atom. The Labute approximate surface area is 126 Å². The average molecular weight is 313 g/mol.